The van der Waals surface area contributed by atoms with Crippen LogP contribution in [-0.4, -0.2) is 26.2 Å². The van der Waals surface area contributed by atoms with Crippen molar-refractivity contribution in [1.82, 2.24) is 0 Å². The number of rotatable bonds is 8. The van der Waals surface area contributed by atoms with Gasteiger partial charge in [-0.15, -0.1) is 0 Å². The van der Waals surface area contributed by atoms with E-state index in [4.69, 9.17) is 30.2 Å². The van der Waals surface area contributed by atoms with Crippen LogP contribution in [0.1, 0.15) is 13.3 Å². The Morgan fingerprint density at radius 1 is 1.03 bits per heavy atom. The second-order valence-corrected chi connectivity index (χ2v) is 8.10. The first-order valence-corrected chi connectivity index (χ1v) is 11.3. The van der Waals surface area contributed by atoms with Gasteiger partial charge in [0, 0.05) is 10.6 Å². The van der Waals surface area contributed by atoms with Crippen LogP contribution in [0.2, 0.25) is 5.02 Å². The van der Waals surface area contributed by atoms with Crippen molar-refractivity contribution in [2.75, 3.05) is 19.5 Å². The molecule has 4 rings (SSSR count). The SMILES string of the molecule is CCC(Oc1c(-c2ccc(OC)cc2)oc2ccccc2c1=O)C(=O)Nc1cc(Cl)ccc1OC. The molecule has 0 spiro atoms. The standard InChI is InChI=1S/C27H24ClNO6/c1-4-21(27(31)29-20-15-17(28)11-14-23(20)33-3)34-26-24(30)19-7-5-6-8-22(19)35-25(26)16-9-12-18(32-2)13-10-16/h5-15,21H,4H2,1-3H3,(H,29,31). The van der Waals surface area contributed by atoms with Crippen LogP contribution >= 0.6 is 11.6 Å². The number of methoxy groups -OCH3 is 2. The Bertz CT molecular complexity index is 1410. The minimum absolute atomic E-state index is 0.0473. The maximum absolute atomic E-state index is 13.4. The third-order valence-corrected chi connectivity index (χ3v) is 5.69. The summed E-state index contributed by atoms with van der Waals surface area (Å²) in [6.07, 6.45) is -0.692. The van der Waals surface area contributed by atoms with E-state index in [1.54, 1.807) is 80.8 Å². The molecule has 1 aromatic heterocycles. The van der Waals surface area contributed by atoms with Crippen molar-refractivity contribution in [3.05, 3.63) is 82.0 Å². The Morgan fingerprint density at radius 2 is 1.77 bits per heavy atom. The highest BCUT2D eigenvalue weighted by atomic mass is 35.5. The summed E-state index contributed by atoms with van der Waals surface area (Å²) in [6.45, 7) is 1.79. The first-order valence-electron chi connectivity index (χ1n) is 11.0. The normalized spacial score (nSPS) is 11.7. The third-order valence-electron chi connectivity index (χ3n) is 5.45. The lowest BCUT2D eigenvalue weighted by atomic mass is 10.1. The van der Waals surface area contributed by atoms with Crippen LogP contribution in [0.25, 0.3) is 22.3 Å². The first kappa shape index (κ1) is 24.2. The summed E-state index contributed by atoms with van der Waals surface area (Å²) in [6, 6.07) is 18.8. The topological polar surface area (TPSA) is 87.0 Å². The van der Waals surface area contributed by atoms with E-state index >= 15 is 0 Å². The number of benzene rings is 3. The van der Waals surface area contributed by atoms with Crippen LogP contribution in [-0.2, 0) is 4.79 Å². The van der Waals surface area contributed by atoms with Gasteiger partial charge in [-0.1, -0.05) is 30.7 Å². The molecule has 0 saturated heterocycles. The van der Waals surface area contributed by atoms with Gasteiger partial charge >= 0.3 is 0 Å². The number of halogens is 1. The monoisotopic (exact) mass is 493 g/mol. The quantitative estimate of drug-likeness (QED) is 0.327. The lowest BCUT2D eigenvalue weighted by Gasteiger charge is -2.20. The van der Waals surface area contributed by atoms with E-state index in [1.807, 2.05) is 0 Å². The first-order chi connectivity index (χ1) is 16.9. The van der Waals surface area contributed by atoms with Crippen LogP contribution in [0, 0.1) is 0 Å². The van der Waals surface area contributed by atoms with Gasteiger partial charge in [0.05, 0.1) is 25.3 Å². The summed E-state index contributed by atoms with van der Waals surface area (Å²) in [5, 5.41) is 3.57. The molecule has 0 radical (unpaired) electrons. The van der Waals surface area contributed by atoms with Gasteiger partial charge in [-0.3, -0.25) is 9.59 Å². The predicted molar refractivity (Wildman–Crippen MR) is 136 cm³/mol. The van der Waals surface area contributed by atoms with Gasteiger partial charge in [0.15, 0.2) is 11.9 Å². The number of carbonyl (C=O) groups is 1. The van der Waals surface area contributed by atoms with Crippen LogP contribution in [0.15, 0.2) is 75.9 Å². The summed E-state index contributed by atoms with van der Waals surface area (Å²) in [5.41, 5.74) is 1.05. The van der Waals surface area contributed by atoms with E-state index < -0.39 is 12.0 Å². The largest absolute Gasteiger partial charge is 0.497 e. The summed E-state index contributed by atoms with van der Waals surface area (Å²) in [7, 11) is 3.06. The van der Waals surface area contributed by atoms with E-state index in [-0.39, 0.29) is 16.9 Å². The highest BCUT2D eigenvalue weighted by Crippen LogP contribution is 2.33. The van der Waals surface area contributed by atoms with Crippen LogP contribution in [0.4, 0.5) is 5.69 Å². The molecule has 1 heterocycles. The molecule has 7 nitrogen and oxygen atoms in total. The molecular weight excluding hydrogens is 470 g/mol. The van der Waals surface area contributed by atoms with Crippen molar-refractivity contribution < 1.29 is 23.4 Å². The van der Waals surface area contributed by atoms with E-state index in [2.05, 4.69) is 5.32 Å². The number of fused-ring (bicyclic) bond motifs is 1. The van der Waals surface area contributed by atoms with E-state index in [1.165, 1.54) is 7.11 Å². The highest BCUT2D eigenvalue weighted by Gasteiger charge is 2.25. The predicted octanol–water partition coefficient (Wildman–Crippen LogP) is 5.93. The number of amides is 1. The second kappa shape index (κ2) is 10.5. The van der Waals surface area contributed by atoms with Crippen LogP contribution in [0.5, 0.6) is 17.2 Å². The molecule has 0 saturated carbocycles. The maximum Gasteiger partial charge on any atom is 0.265 e. The molecule has 8 heteroatoms. The number of ether oxygens (including phenoxy) is 3. The van der Waals surface area contributed by atoms with Gasteiger partial charge in [0.2, 0.25) is 11.2 Å². The summed E-state index contributed by atoms with van der Waals surface area (Å²) in [4.78, 5) is 26.6. The van der Waals surface area contributed by atoms with Crippen molar-refractivity contribution in [2.45, 2.75) is 19.4 Å². The zero-order valence-corrected chi connectivity index (χ0v) is 20.2. The van der Waals surface area contributed by atoms with E-state index in [0.29, 0.717) is 45.2 Å². The number of nitrogens with one attached hydrogen (secondary N) is 1. The fourth-order valence-corrected chi connectivity index (χ4v) is 3.79. The Labute approximate surface area is 207 Å². The van der Waals surface area contributed by atoms with Crippen LogP contribution in [0.3, 0.4) is 0 Å². The van der Waals surface area contributed by atoms with E-state index in [9.17, 15) is 9.59 Å². The molecule has 35 heavy (non-hydrogen) atoms. The average Bonchev–Trinajstić information content (AvgIpc) is 2.88. The maximum atomic E-state index is 13.4. The Hall–Kier alpha value is -3.97. The summed E-state index contributed by atoms with van der Waals surface area (Å²) >= 11 is 6.09. The lowest BCUT2D eigenvalue weighted by Crippen LogP contribution is -2.34. The molecule has 1 atom stereocenters. The molecule has 0 fully saturated rings. The van der Waals surface area contributed by atoms with Gasteiger partial charge in [-0.25, -0.2) is 0 Å². The second-order valence-electron chi connectivity index (χ2n) is 7.66. The van der Waals surface area contributed by atoms with Crippen molar-refractivity contribution >= 4 is 34.2 Å². The molecule has 1 N–H and O–H groups in total. The number of para-hydroxylation sites is 1. The summed E-state index contributed by atoms with van der Waals surface area (Å²) < 4.78 is 22.7. The Morgan fingerprint density at radius 3 is 2.46 bits per heavy atom. The average molecular weight is 494 g/mol. The number of hydrogen-bond donors (Lipinski definition) is 1. The van der Waals surface area contributed by atoms with Crippen molar-refractivity contribution in [3.63, 3.8) is 0 Å². The smallest absolute Gasteiger partial charge is 0.265 e. The highest BCUT2D eigenvalue weighted by molar-refractivity contribution is 6.31. The molecule has 1 amide bonds. The fraction of sp³-hybridized carbons (Fsp3) is 0.185. The van der Waals surface area contributed by atoms with Gasteiger partial charge in [-0.05, 0) is 61.0 Å². The van der Waals surface area contributed by atoms with Crippen LogP contribution < -0.4 is 25.0 Å². The number of anilines is 1. The zero-order valence-electron chi connectivity index (χ0n) is 19.5. The minimum atomic E-state index is -0.986. The zero-order chi connectivity index (χ0) is 24.9. The Kier molecular flexibility index (Phi) is 7.27. The van der Waals surface area contributed by atoms with Gasteiger partial charge in [0.25, 0.3) is 5.91 Å². The number of hydrogen-bond acceptors (Lipinski definition) is 6. The Balaban J connectivity index is 1.74. The molecule has 4 aromatic rings. The molecule has 3 aromatic carbocycles. The van der Waals surface area contributed by atoms with Gasteiger partial charge in [0.1, 0.15) is 17.1 Å². The molecule has 0 bridgehead atoms. The number of carbonyl (C=O) groups excluding carboxylic acids is 1. The molecule has 0 aliphatic heterocycles. The van der Waals surface area contributed by atoms with Crippen molar-refractivity contribution in [2.24, 2.45) is 0 Å². The lowest BCUT2D eigenvalue weighted by molar-refractivity contribution is -0.122. The van der Waals surface area contributed by atoms with Crippen molar-refractivity contribution in [1.29, 1.82) is 0 Å². The summed E-state index contributed by atoms with van der Waals surface area (Å²) in [5.74, 6) is 0.820. The van der Waals surface area contributed by atoms with Crippen molar-refractivity contribution in [3.8, 4) is 28.6 Å². The minimum Gasteiger partial charge on any atom is -0.497 e. The fourth-order valence-electron chi connectivity index (χ4n) is 3.62. The molecule has 0 aliphatic carbocycles. The van der Waals surface area contributed by atoms with Gasteiger partial charge < -0.3 is 23.9 Å². The molecule has 180 valence electrons. The molecular formula is C27H24ClNO6. The third kappa shape index (κ3) is 5.10. The molecule has 0 aliphatic rings. The molecule has 1 unspecified atom stereocenters. The van der Waals surface area contributed by atoms with Gasteiger partial charge in [-0.2, -0.15) is 0 Å². The van der Waals surface area contributed by atoms with E-state index in [0.717, 1.165) is 0 Å².